The topological polar surface area (TPSA) is 97.3 Å². The van der Waals surface area contributed by atoms with Crippen LogP contribution in [0.4, 0.5) is 5.82 Å². The van der Waals surface area contributed by atoms with Gasteiger partial charge in [-0.1, -0.05) is 48.1 Å². The largest absolute Gasteiger partial charge is 0.414 e. The molecule has 0 bridgehead atoms. The second-order valence-corrected chi connectivity index (χ2v) is 21.9. The minimum atomic E-state index is -2.04. The lowest BCUT2D eigenvalue weighted by molar-refractivity contribution is -0.0385. The number of anilines is 1. The lowest BCUT2D eigenvalue weighted by Crippen LogP contribution is -2.48. The van der Waals surface area contributed by atoms with Gasteiger partial charge in [-0.15, -0.1) is 0 Å². The van der Waals surface area contributed by atoms with Gasteiger partial charge in [-0.05, 0) is 42.3 Å². The molecule has 0 aliphatic carbocycles. The highest BCUT2D eigenvalue weighted by molar-refractivity contribution is 6.74. The molecule has 0 unspecified atom stereocenters. The van der Waals surface area contributed by atoms with Gasteiger partial charge < -0.3 is 19.3 Å². The maximum absolute atomic E-state index is 6.90. The molecular weight excluding hydrogens is 462 g/mol. The van der Waals surface area contributed by atoms with Crippen molar-refractivity contribution in [3.8, 4) is 0 Å². The van der Waals surface area contributed by atoms with Gasteiger partial charge in [-0.25, -0.2) is 15.0 Å². The molecule has 0 saturated carbocycles. The Kier molecular flexibility index (Phi) is 7.25. The molecule has 0 amide bonds. The Hall–Kier alpha value is -1.60. The van der Waals surface area contributed by atoms with E-state index in [-0.39, 0.29) is 28.5 Å². The Bertz CT molecular complexity index is 1040. The van der Waals surface area contributed by atoms with Crippen molar-refractivity contribution in [3.63, 3.8) is 0 Å². The van der Waals surface area contributed by atoms with Crippen LogP contribution in [0.5, 0.6) is 0 Å². The van der Waals surface area contributed by atoms with Crippen molar-refractivity contribution >= 4 is 39.7 Å². The van der Waals surface area contributed by atoms with Crippen LogP contribution in [0.1, 0.15) is 60.0 Å². The van der Waals surface area contributed by atoms with Gasteiger partial charge in [0.05, 0.1) is 12.7 Å². The maximum atomic E-state index is 6.90. The number of rotatable bonds is 7. The number of nitrogens with two attached hydrogens (primary N) is 1. The summed E-state index contributed by atoms with van der Waals surface area (Å²) < 4.78 is 22.1. The van der Waals surface area contributed by atoms with E-state index in [1.165, 1.54) is 6.33 Å². The predicted molar refractivity (Wildman–Crippen MR) is 144 cm³/mol. The summed E-state index contributed by atoms with van der Waals surface area (Å²) in [5.74, 6) is 1.00. The molecule has 8 nitrogen and oxygen atoms in total. The van der Waals surface area contributed by atoms with Crippen LogP contribution in [0.25, 0.3) is 17.2 Å². The molecule has 34 heavy (non-hydrogen) atoms. The van der Waals surface area contributed by atoms with Crippen LogP contribution < -0.4 is 5.73 Å². The fourth-order valence-corrected chi connectivity index (χ4v) is 5.94. The van der Waals surface area contributed by atoms with Gasteiger partial charge in [-0.2, -0.15) is 0 Å². The van der Waals surface area contributed by atoms with Crippen molar-refractivity contribution in [1.82, 2.24) is 19.5 Å². The average Bonchev–Trinajstić information content (AvgIpc) is 3.25. The van der Waals surface area contributed by atoms with Crippen LogP contribution in [-0.2, 0) is 13.6 Å². The molecule has 3 atom stereocenters. The lowest BCUT2D eigenvalue weighted by atomic mass is 10.2. The first-order chi connectivity index (χ1) is 15.5. The second-order valence-electron chi connectivity index (χ2n) is 12.3. The number of ether oxygens (including phenoxy) is 1. The highest BCUT2D eigenvalue weighted by atomic mass is 28.4. The molecule has 2 aromatic heterocycles. The Morgan fingerprint density at radius 2 is 1.74 bits per heavy atom. The first-order valence-corrected chi connectivity index (χ1v) is 17.9. The second kappa shape index (κ2) is 9.12. The Labute approximate surface area is 206 Å². The Balaban J connectivity index is 1.96. The molecule has 2 N–H and O–H groups in total. The first kappa shape index (κ1) is 27.0. The maximum Gasteiger partial charge on any atom is 0.192 e. The smallest absolute Gasteiger partial charge is 0.192 e. The molecule has 1 aliphatic rings. The van der Waals surface area contributed by atoms with Gasteiger partial charge >= 0.3 is 0 Å². The third kappa shape index (κ3) is 5.16. The summed E-state index contributed by atoms with van der Waals surface area (Å²) in [6, 6.07) is 0. The van der Waals surface area contributed by atoms with Crippen LogP contribution in [-0.4, -0.2) is 55.0 Å². The van der Waals surface area contributed by atoms with E-state index >= 15 is 0 Å². The van der Waals surface area contributed by atoms with E-state index in [4.69, 9.17) is 19.3 Å². The minimum absolute atomic E-state index is 0.0889. The van der Waals surface area contributed by atoms with Gasteiger partial charge in [-0.3, -0.25) is 4.57 Å². The van der Waals surface area contributed by atoms with Crippen molar-refractivity contribution in [2.75, 3.05) is 12.3 Å². The summed E-state index contributed by atoms with van der Waals surface area (Å²) in [7, 11) is -3.99. The van der Waals surface area contributed by atoms with Crippen LogP contribution in [0.3, 0.4) is 0 Å². The number of nitrogens with zero attached hydrogens (tertiary/aromatic N) is 4. The monoisotopic (exact) mass is 505 g/mol. The van der Waals surface area contributed by atoms with Crippen molar-refractivity contribution in [2.24, 2.45) is 0 Å². The molecule has 0 aromatic carbocycles. The zero-order valence-electron chi connectivity index (χ0n) is 22.6. The number of fused-ring (bicyclic) bond motifs is 1. The summed E-state index contributed by atoms with van der Waals surface area (Å²) in [5.41, 5.74) is 7.28. The molecule has 1 aliphatic heterocycles. The molecule has 1 saturated heterocycles. The van der Waals surface area contributed by atoms with Gasteiger partial charge in [0.25, 0.3) is 0 Å². The fraction of sp³-hybridized carbons (Fsp3) is 0.708. The standard InChI is InChI=1S/C24H43N5O3Si2/c1-12-18-28-20-21(25)26-15-27-22(20)29(18)19-13-16(32-34(10,11)24(5,6)7)17(31-19)14-30-33(8,9)23(2,3)4/h12,15-17,19H,1,13-14H2,2-11H3,(H2,25,26,27)/t16-,17+,19+/m0/s1. The first-order valence-electron chi connectivity index (χ1n) is 12.1. The van der Waals surface area contributed by atoms with E-state index in [1.807, 2.05) is 4.57 Å². The molecule has 2 aromatic rings. The zero-order chi connectivity index (χ0) is 25.7. The number of aromatic nitrogens is 4. The van der Waals surface area contributed by atoms with Crippen LogP contribution in [0.15, 0.2) is 12.9 Å². The third-order valence-electron chi connectivity index (χ3n) is 7.85. The SMILES string of the molecule is C=Cc1nc2c(N)ncnc2n1[C@H]1C[C@H](O[Si](C)(C)C(C)(C)C)[C@@H](CO[Si](C)(C)C(C)(C)C)O1. The molecule has 0 spiro atoms. The quantitative estimate of drug-likeness (QED) is 0.478. The number of hydrogen-bond acceptors (Lipinski definition) is 7. The van der Waals surface area contributed by atoms with E-state index in [0.717, 1.165) is 0 Å². The number of hydrogen-bond donors (Lipinski definition) is 1. The molecular formula is C24H43N5O3Si2. The predicted octanol–water partition coefficient (Wildman–Crippen LogP) is 5.75. The Morgan fingerprint density at radius 3 is 2.29 bits per heavy atom. The van der Waals surface area contributed by atoms with E-state index in [9.17, 15) is 0 Å². The van der Waals surface area contributed by atoms with E-state index in [0.29, 0.717) is 35.8 Å². The van der Waals surface area contributed by atoms with Crippen molar-refractivity contribution in [2.45, 2.75) is 103 Å². The summed E-state index contributed by atoms with van der Waals surface area (Å²) in [5, 5.41) is 0.206. The third-order valence-corrected chi connectivity index (χ3v) is 16.9. The van der Waals surface area contributed by atoms with Crippen molar-refractivity contribution in [3.05, 3.63) is 18.7 Å². The molecule has 0 radical (unpaired) electrons. The number of nitrogen functional groups attached to an aromatic ring is 1. The number of imidazole rings is 1. The van der Waals surface area contributed by atoms with Gasteiger partial charge in [0, 0.05) is 6.42 Å². The summed E-state index contributed by atoms with van der Waals surface area (Å²) in [6.07, 6.45) is 3.24. The van der Waals surface area contributed by atoms with Crippen molar-refractivity contribution < 1.29 is 13.6 Å². The molecule has 10 heteroatoms. The van der Waals surface area contributed by atoms with Crippen molar-refractivity contribution in [1.29, 1.82) is 0 Å². The van der Waals surface area contributed by atoms with Crippen LogP contribution in [0.2, 0.25) is 36.3 Å². The normalized spacial score (nSPS) is 22.5. The van der Waals surface area contributed by atoms with E-state index in [2.05, 4.69) is 89.3 Å². The molecule has 1 fully saturated rings. The minimum Gasteiger partial charge on any atom is -0.414 e. The van der Waals surface area contributed by atoms with Gasteiger partial charge in [0.1, 0.15) is 24.5 Å². The van der Waals surface area contributed by atoms with Gasteiger partial charge in [0.15, 0.2) is 33.6 Å². The highest BCUT2D eigenvalue weighted by Crippen LogP contribution is 2.43. The fourth-order valence-electron chi connectivity index (χ4n) is 3.57. The zero-order valence-corrected chi connectivity index (χ0v) is 24.6. The molecule has 190 valence electrons. The van der Waals surface area contributed by atoms with Crippen LogP contribution >= 0.6 is 0 Å². The average molecular weight is 506 g/mol. The summed E-state index contributed by atoms with van der Waals surface area (Å²) >= 11 is 0. The van der Waals surface area contributed by atoms with E-state index in [1.54, 1.807) is 6.08 Å². The lowest BCUT2D eigenvalue weighted by Gasteiger charge is -2.40. The highest BCUT2D eigenvalue weighted by Gasteiger charge is 2.47. The van der Waals surface area contributed by atoms with Crippen LogP contribution in [0, 0.1) is 0 Å². The summed E-state index contributed by atoms with van der Waals surface area (Å²) in [4.78, 5) is 13.2. The molecule has 3 heterocycles. The Morgan fingerprint density at radius 1 is 1.12 bits per heavy atom. The van der Waals surface area contributed by atoms with Gasteiger partial charge in [0.2, 0.25) is 0 Å². The van der Waals surface area contributed by atoms with E-state index < -0.39 is 16.6 Å². The molecule has 3 rings (SSSR count). The summed E-state index contributed by atoms with van der Waals surface area (Å²) in [6.45, 7) is 27.0.